The molecule has 0 aromatic rings. The molecule has 2 N–H and O–H groups in total. The van der Waals surface area contributed by atoms with E-state index in [1.165, 1.54) is 4.90 Å². The van der Waals surface area contributed by atoms with Crippen molar-refractivity contribution in [1.82, 2.24) is 10.2 Å². The smallest absolute Gasteiger partial charge is 0.323 e. The maximum Gasteiger partial charge on any atom is 0.323 e. The minimum absolute atomic E-state index is 0.214. The molecule has 1 fully saturated rings. The van der Waals surface area contributed by atoms with Gasteiger partial charge in [-0.2, -0.15) is 0 Å². The van der Waals surface area contributed by atoms with Crippen molar-refractivity contribution in [3.05, 3.63) is 0 Å². The van der Waals surface area contributed by atoms with E-state index in [1.807, 2.05) is 20.8 Å². The first-order chi connectivity index (χ1) is 7.21. The normalized spacial score (nSPS) is 23.8. The Balaban J connectivity index is 2.60. The first-order valence-corrected chi connectivity index (χ1v) is 5.51. The highest BCUT2D eigenvalue weighted by Gasteiger charge is 2.37. The van der Waals surface area contributed by atoms with Crippen molar-refractivity contribution in [2.75, 3.05) is 6.54 Å². The fraction of sp³-hybridized carbons (Fsp3) is 0.818. The number of carbonyl (C=O) groups excluding carboxylic acids is 1. The minimum Gasteiger partial charge on any atom is -0.480 e. The maximum absolute atomic E-state index is 11.9. The lowest BCUT2D eigenvalue weighted by molar-refractivity contribution is -0.138. The Hall–Kier alpha value is -1.26. The van der Waals surface area contributed by atoms with Gasteiger partial charge in [-0.15, -0.1) is 0 Å². The second-order valence-electron chi connectivity index (χ2n) is 5.42. The number of carboxylic acids is 1. The first kappa shape index (κ1) is 12.8. The SMILES string of the molecule is CC1CC1NC(=O)N(CC(=O)O)C(C)(C)C. The number of hydrogen-bond donors (Lipinski definition) is 2. The van der Waals surface area contributed by atoms with E-state index in [0.29, 0.717) is 5.92 Å². The predicted molar refractivity (Wildman–Crippen MR) is 60.2 cm³/mol. The summed E-state index contributed by atoms with van der Waals surface area (Å²) >= 11 is 0. The Labute approximate surface area is 95.8 Å². The van der Waals surface area contributed by atoms with Gasteiger partial charge in [-0.3, -0.25) is 4.79 Å². The van der Waals surface area contributed by atoms with Crippen molar-refractivity contribution in [2.45, 2.75) is 45.7 Å². The average molecular weight is 228 g/mol. The zero-order chi connectivity index (χ0) is 12.5. The van der Waals surface area contributed by atoms with Crippen molar-refractivity contribution in [2.24, 2.45) is 5.92 Å². The number of rotatable bonds is 3. The molecule has 2 amide bonds. The van der Waals surface area contributed by atoms with Gasteiger partial charge >= 0.3 is 12.0 Å². The van der Waals surface area contributed by atoms with Gasteiger partial charge in [-0.05, 0) is 33.1 Å². The van der Waals surface area contributed by atoms with E-state index >= 15 is 0 Å². The number of nitrogens with zero attached hydrogens (tertiary/aromatic N) is 1. The van der Waals surface area contributed by atoms with Crippen molar-refractivity contribution in [3.63, 3.8) is 0 Å². The molecule has 0 aliphatic heterocycles. The molecule has 0 saturated heterocycles. The summed E-state index contributed by atoms with van der Waals surface area (Å²) in [5, 5.41) is 11.6. The van der Waals surface area contributed by atoms with Crippen LogP contribution in [-0.2, 0) is 4.79 Å². The van der Waals surface area contributed by atoms with Crippen LogP contribution < -0.4 is 5.32 Å². The number of nitrogens with one attached hydrogen (secondary N) is 1. The molecule has 5 nitrogen and oxygen atoms in total. The molecule has 2 atom stereocenters. The van der Waals surface area contributed by atoms with Crippen LogP contribution in [0.3, 0.4) is 0 Å². The lowest BCUT2D eigenvalue weighted by atomic mass is 10.1. The third-order valence-electron chi connectivity index (χ3n) is 2.77. The van der Waals surface area contributed by atoms with Crippen LogP contribution in [0.1, 0.15) is 34.1 Å². The van der Waals surface area contributed by atoms with Gasteiger partial charge in [0.2, 0.25) is 0 Å². The molecule has 0 bridgehead atoms. The highest BCUT2D eigenvalue weighted by Crippen LogP contribution is 2.29. The molecule has 1 aliphatic rings. The number of carboxylic acid groups (broad SMARTS) is 1. The molecule has 5 heteroatoms. The summed E-state index contributed by atoms with van der Waals surface area (Å²) in [6.07, 6.45) is 0.983. The molecular formula is C11H20N2O3. The van der Waals surface area contributed by atoms with E-state index in [0.717, 1.165) is 6.42 Å². The lowest BCUT2D eigenvalue weighted by Gasteiger charge is -2.34. The van der Waals surface area contributed by atoms with Gasteiger partial charge in [-0.1, -0.05) is 6.92 Å². The summed E-state index contributed by atoms with van der Waals surface area (Å²) < 4.78 is 0. The predicted octanol–water partition coefficient (Wildman–Crippen LogP) is 1.29. The molecule has 92 valence electrons. The number of hydrogen-bond acceptors (Lipinski definition) is 2. The molecule has 0 heterocycles. The molecule has 1 aliphatic carbocycles. The third kappa shape index (κ3) is 3.40. The van der Waals surface area contributed by atoms with Crippen LogP contribution in [0.15, 0.2) is 0 Å². The van der Waals surface area contributed by atoms with Gasteiger partial charge in [0.1, 0.15) is 6.54 Å². The van der Waals surface area contributed by atoms with Gasteiger partial charge in [0.05, 0.1) is 0 Å². The van der Waals surface area contributed by atoms with Crippen molar-refractivity contribution >= 4 is 12.0 Å². The number of aliphatic carboxylic acids is 1. The molecule has 0 radical (unpaired) electrons. The van der Waals surface area contributed by atoms with Crippen LogP contribution in [0.2, 0.25) is 0 Å². The summed E-state index contributed by atoms with van der Waals surface area (Å²) in [7, 11) is 0. The van der Waals surface area contributed by atoms with E-state index in [9.17, 15) is 9.59 Å². The van der Waals surface area contributed by atoms with Crippen LogP contribution in [0.4, 0.5) is 4.79 Å². The number of carbonyl (C=O) groups is 2. The maximum atomic E-state index is 11.9. The van der Waals surface area contributed by atoms with Crippen LogP contribution >= 0.6 is 0 Å². The van der Waals surface area contributed by atoms with Crippen LogP contribution in [0.5, 0.6) is 0 Å². The Bertz CT molecular complexity index is 296. The highest BCUT2D eigenvalue weighted by molar-refractivity contribution is 5.81. The van der Waals surface area contributed by atoms with Crippen molar-refractivity contribution < 1.29 is 14.7 Å². The molecule has 1 saturated carbocycles. The average Bonchev–Trinajstić information content (AvgIpc) is 2.75. The molecule has 2 unspecified atom stereocenters. The molecule has 1 rings (SSSR count). The summed E-state index contributed by atoms with van der Waals surface area (Å²) in [4.78, 5) is 23.9. The topological polar surface area (TPSA) is 69.6 Å². The molecule has 0 aromatic carbocycles. The zero-order valence-corrected chi connectivity index (χ0v) is 10.3. The second-order valence-corrected chi connectivity index (χ2v) is 5.42. The van der Waals surface area contributed by atoms with Crippen LogP contribution in [0, 0.1) is 5.92 Å². The third-order valence-corrected chi connectivity index (χ3v) is 2.77. The monoisotopic (exact) mass is 228 g/mol. The minimum atomic E-state index is -0.992. The van der Waals surface area contributed by atoms with Gasteiger partial charge in [0.15, 0.2) is 0 Å². The summed E-state index contributed by atoms with van der Waals surface area (Å²) in [6, 6.07) is -0.0737. The molecule has 16 heavy (non-hydrogen) atoms. The lowest BCUT2D eigenvalue weighted by Crippen LogP contribution is -2.53. The summed E-state index contributed by atoms with van der Waals surface area (Å²) in [5.74, 6) is -0.482. The van der Waals surface area contributed by atoms with E-state index in [1.54, 1.807) is 0 Å². The van der Waals surface area contributed by atoms with Gasteiger partial charge in [-0.25, -0.2) is 4.79 Å². The van der Waals surface area contributed by atoms with Crippen molar-refractivity contribution in [3.8, 4) is 0 Å². The Morgan fingerprint density at radius 1 is 1.44 bits per heavy atom. The summed E-state index contributed by atoms with van der Waals surface area (Å²) in [5.41, 5.74) is -0.486. The molecule has 0 aromatic heterocycles. The van der Waals surface area contributed by atoms with E-state index < -0.39 is 11.5 Å². The number of amides is 2. The van der Waals surface area contributed by atoms with Crippen LogP contribution in [0.25, 0.3) is 0 Å². The Kier molecular flexibility index (Phi) is 3.45. The van der Waals surface area contributed by atoms with E-state index in [4.69, 9.17) is 5.11 Å². The van der Waals surface area contributed by atoms with E-state index in [2.05, 4.69) is 12.2 Å². The Morgan fingerprint density at radius 3 is 2.25 bits per heavy atom. The summed E-state index contributed by atoms with van der Waals surface area (Å²) in [6.45, 7) is 7.27. The largest absolute Gasteiger partial charge is 0.480 e. The second kappa shape index (κ2) is 4.31. The van der Waals surface area contributed by atoms with Gasteiger partial charge in [0.25, 0.3) is 0 Å². The van der Waals surface area contributed by atoms with Crippen molar-refractivity contribution in [1.29, 1.82) is 0 Å². The zero-order valence-electron chi connectivity index (χ0n) is 10.3. The fourth-order valence-electron chi connectivity index (χ4n) is 1.51. The standard InChI is InChI=1S/C11H20N2O3/c1-7-5-8(7)12-10(16)13(6-9(14)15)11(2,3)4/h7-8H,5-6H2,1-4H3,(H,12,16)(H,14,15). The van der Waals surface area contributed by atoms with Crippen LogP contribution in [-0.4, -0.2) is 40.1 Å². The number of urea groups is 1. The Morgan fingerprint density at radius 2 is 1.94 bits per heavy atom. The first-order valence-electron chi connectivity index (χ1n) is 5.51. The quantitative estimate of drug-likeness (QED) is 0.764. The van der Waals surface area contributed by atoms with Gasteiger partial charge in [0, 0.05) is 11.6 Å². The van der Waals surface area contributed by atoms with Gasteiger partial charge < -0.3 is 15.3 Å². The van der Waals surface area contributed by atoms with E-state index in [-0.39, 0.29) is 18.6 Å². The molecular weight excluding hydrogens is 208 g/mol. The molecule has 0 spiro atoms. The fourth-order valence-corrected chi connectivity index (χ4v) is 1.51. The highest BCUT2D eigenvalue weighted by atomic mass is 16.4.